The van der Waals surface area contributed by atoms with Crippen LogP contribution in [0.4, 0.5) is 0 Å². The zero-order valence-corrected chi connectivity index (χ0v) is 53.6. The van der Waals surface area contributed by atoms with Crippen molar-refractivity contribution in [3.63, 3.8) is 0 Å². The predicted molar refractivity (Wildman–Crippen MR) is 317 cm³/mol. The molecule has 0 saturated carbocycles. The maximum atomic E-state index is 15.4. The average molecular weight is 1260 g/mol. The summed E-state index contributed by atoms with van der Waals surface area (Å²) in [5, 5.41) is 20.5. The predicted octanol–water partition coefficient (Wildman–Crippen LogP) is 5.90. The van der Waals surface area contributed by atoms with E-state index in [1.54, 1.807) is 72.7 Å². The van der Waals surface area contributed by atoms with Crippen LogP contribution in [0, 0.1) is 29.6 Å². The van der Waals surface area contributed by atoms with E-state index in [0.29, 0.717) is 34.9 Å². The average Bonchev–Trinajstić information content (AvgIpc) is 4.01. The highest BCUT2D eigenvalue weighted by molar-refractivity contribution is 9.10. The van der Waals surface area contributed by atoms with Gasteiger partial charge in [-0.15, -0.1) is 0 Å². The maximum absolute atomic E-state index is 15.4. The quantitative estimate of drug-likeness (QED) is 0.173. The van der Waals surface area contributed by atoms with Gasteiger partial charge < -0.3 is 50.3 Å². The Hall–Kier alpha value is -5.41. The molecule has 8 amide bonds. The summed E-state index contributed by atoms with van der Waals surface area (Å²) in [6.45, 7) is 20.6. The van der Waals surface area contributed by atoms with Crippen LogP contribution in [0.25, 0.3) is 0 Å². The first-order valence-electron chi connectivity index (χ1n) is 28.5. The number of nitrogens with one attached hydrogen (secondary N) is 3. The molecule has 0 spiro atoms. The number of aliphatic hydroxyl groups is 1. The van der Waals surface area contributed by atoms with Crippen LogP contribution in [0.1, 0.15) is 126 Å². The molecule has 11 atom stereocenters. The molecule has 2 heterocycles. The lowest BCUT2D eigenvalue weighted by atomic mass is 9.93. The maximum Gasteiger partial charge on any atom is 0.332 e. The van der Waals surface area contributed by atoms with Crippen molar-refractivity contribution in [2.45, 2.75) is 188 Å². The lowest BCUT2D eigenvalue weighted by molar-refractivity contribution is -0.177. The van der Waals surface area contributed by atoms with E-state index in [9.17, 15) is 33.9 Å². The minimum absolute atomic E-state index is 0.00957. The van der Waals surface area contributed by atoms with Crippen LogP contribution in [0.3, 0.4) is 0 Å². The molecule has 2 unspecified atom stereocenters. The molecule has 0 bridgehead atoms. The van der Waals surface area contributed by atoms with Gasteiger partial charge in [-0.2, -0.15) is 0 Å². The number of hydrogen-bond acceptors (Lipinski definition) is 11. The number of carbonyl (C=O) groups excluding carboxylic acids is 9. The van der Waals surface area contributed by atoms with Crippen molar-refractivity contribution in [3.05, 3.63) is 68.6 Å². The Morgan fingerprint density at radius 1 is 0.617 bits per heavy atom. The second-order valence-corrected chi connectivity index (χ2v) is 25.8. The van der Waals surface area contributed by atoms with E-state index >= 15 is 14.4 Å². The summed E-state index contributed by atoms with van der Waals surface area (Å²) in [5.41, 5.74) is -0.631. The van der Waals surface area contributed by atoms with Gasteiger partial charge in [-0.05, 0) is 98.6 Å². The molecule has 2 saturated heterocycles. The van der Waals surface area contributed by atoms with E-state index in [1.807, 2.05) is 45.0 Å². The van der Waals surface area contributed by atoms with Gasteiger partial charge >= 0.3 is 5.97 Å². The van der Waals surface area contributed by atoms with Gasteiger partial charge in [0.2, 0.25) is 41.4 Å². The molecule has 2 aromatic rings. The number of carbonyl (C=O) groups is 9. The summed E-state index contributed by atoms with van der Waals surface area (Å²) in [6.07, 6.45) is -0.0325. The highest BCUT2D eigenvalue weighted by atomic mass is 79.9. The fraction of sp³-hybridized carbons (Fsp3) is 0.650. The van der Waals surface area contributed by atoms with E-state index < -0.39 is 137 Å². The van der Waals surface area contributed by atoms with Crippen molar-refractivity contribution >= 4 is 85.1 Å². The molecule has 2 fully saturated rings. The van der Waals surface area contributed by atoms with Crippen molar-refractivity contribution in [2.75, 3.05) is 34.7 Å². The highest BCUT2D eigenvalue weighted by Gasteiger charge is 2.48. The van der Waals surface area contributed by atoms with Crippen LogP contribution in [-0.2, 0) is 60.7 Å². The summed E-state index contributed by atoms with van der Waals surface area (Å²) < 4.78 is 7.54. The zero-order valence-electron chi connectivity index (χ0n) is 50.4. The fourth-order valence-electron chi connectivity index (χ4n) is 11.1. The largest absolute Gasteiger partial charge is 0.450 e. The third-order valence-corrected chi connectivity index (χ3v) is 16.9. The van der Waals surface area contributed by atoms with E-state index in [2.05, 4.69) is 47.8 Å². The topological polar surface area (TPSA) is 235 Å². The Balaban J connectivity index is 2.00. The Labute approximate surface area is 497 Å². The molecule has 2 aromatic carbocycles. The summed E-state index contributed by atoms with van der Waals surface area (Å²) in [6, 6.07) is 4.29. The first-order valence-corrected chi connectivity index (χ1v) is 30.1. The van der Waals surface area contributed by atoms with Gasteiger partial charge in [0.05, 0.1) is 5.60 Å². The first-order chi connectivity index (χ1) is 37.8. The van der Waals surface area contributed by atoms with Crippen molar-refractivity contribution < 1.29 is 53.0 Å². The minimum Gasteiger partial charge on any atom is -0.450 e. The minimum atomic E-state index is -1.98. The van der Waals surface area contributed by atoms with E-state index in [1.165, 1.54) is 61.6 Å². The van der Waals surface area contributed by atoms with Gasteiger partial charge in [0.15, 0.2) is 12.1 Å². The number of likely N-dealkylation sites (N-methyl/N-ethyl adjacent to an activating group) is 4. The molecular formula is C60H90Br2N8O11. The van der Waals surface area contributed by atoms with Crippen LogP contribution < -0.4 is 16.0 Å². The normalized spacial score (nSPS) is 26.2. The van der Waals surface area contributed by atoms with E-state index in [4.69, 9.17) is 4.74 Å². The third kappa shape index (κ3) is 17.3. The molecule has 450 valence electrons. The smallest absolute Gasteiger partial charge is 0.332 e. The number of fused-ring (bicyclic) bond motifs is 1. The van der Waals surface area contributed by atoms with Crippen LogP contribution >= 0.6 is 31.9 Å². The molecule has 4 N–H and O–H groups in total. The molecule has 0 aliphatic carbocycles. The number of cyclic esters (lactones) is 1. The molecule has 4 rings (SSSR count). The van der Waals surface area contributed by atoms with Crippen LogP contribution in [-0.4, -0.2) is 178 Å². The van der Waals surface area contributed by atoms with Crippen molar-refractivity contribution in [1.82, 2.24) is 40.4 Å². The van der Waals surface area contributed by atoms with Gasteiger partial charge in [0, 0.05) is 62.4 Å². The first kappa shape index (κ1) is 68.1. The summed E-state index contributed by atoms with van der Waals surface area (Å²) in [4.78, 5) is 141. The molecule has 19 nitrogen and oxygen atoms in total. The van der Waals surface area contributed by atoms with E-state index in [0.717, 1.165) is 9.37 Å². The molecule has 2 aliphatic heterocycles. The number of esters is 1. The summed E-state index contributed by atoms with van der Waals surface area (Å²) >= 11 is 7.06. The van der Waals surface area contributed by atoms with Crippen LogP contribution in [0.2, 0.25) is 0 Å². The lowest BCUT2D eigenvalue weighted by Gasteiger charge is -2.39. The monoisotopic (exact) mass is 1260 g/mol. The van der Waals surface area contributed by atoms with Gasteiger partial charge in [-0.3, -0.25) is 38.4 Å². The van der Waals surface area contributed by atoms with Gasteiger partial charge in [0.25, 0.3) is 5.91 Å². The van der Waals surface area contributed by atoms with Crippen molar-refractivity contribution in [3.8, 4) is 0 Å². The van der Waals surface area contributed by atoms with Crippen LogP contribution in [0.5, 0.6) is 0 Å². The molecule has 0 aromatic heterocycles. The summed E-state index contributed by atoms with van der Waals surface area (Å²) in [7, 11) is 5.65. The second kappa shape index (κ2) is 29.7. The highest BCUT2D eigenvalue weighted by Crippen LogP contribution is 2.28. The molecule has 81 heavy (non-hydrogen) atoms. The van der Waals surface area contributed by atoms with Crippen molar-refractivity contribution in [2.24, 2.45) is 29.6 Å². The molecular weight excluding hydrogens is 1170 g/mol. The lowest BCUT2D eigenvalue weighted by Crippen LogP contribution is -2.63. The SMILES string of the molecule is CCC(C)[C@@H]1NC(=O)[C@@H]2CCCN2C(=O)[C@H](Cc2cccc(Br)c2)N(C)C(=O)[C@H](Cc2cccc(Br)c2)NC(=O)[C@H](C(C)C)N(C)C(=O)[C@@H](C(C)CC)OC(=O)[C@H](C(C)(C)O)N(C)C(=O)[C@H](CC(C)C)NC(=O)[C@H](C(C)C)N(C)C1=O. The Morgan fingerprint density at radius 3 is 1.59 bits per heavy atom. The second-order valence-electron chi connectivity index (χ2n) is 24.0. The van der Waals surface area contributed by atoms with E-state index in [-0.39, 0.29) is 38.1 Å². The van der Waals surface area contributed by atoms with Gasteiger partial charge in [-0.1, -0.05) is 132 Å². The Kier molecular flexibility index (Phi) is 25.0. The zero-order chi connectivity index (χ0) is 61.1. The summed E-state index contributed by atoms with van der Waals surface area (Å²) in [5.74, 6) is -8.80. The van der Waals surface area contributed by atoms with Gasteiger partial charge in [0.1, 0.15) is 42.3 Å². The Bertz CT molecular complexity index is 2570. The molecule has 21 heteroatoms. The molecule has 2 aliphatic rings. The van der Waals surface area contributed by atoms with Crippen LogP contribution in [0.15, 0.2) is 57.5 Å². The number of benzene rings is 2. The number of rotatable bonds is 13. The van der Waals surface area contributed by atoms with Gasteiger partial charge in [-0.25, -0.2) is 4.79 Å². The number of amides is 8. The number of ether oxygens (including phenoxy) is 1. The van der Waals surface area contributed by atoms with Crippen molar-refractivity contribution in [1.29, 1.82) is 0 Å². The standard InChI is InChI=1S/C60H90Br2N8O11/c1-17-36(9)46-57(77)67(14)47(34(5)6)52(72)63-42(28-33(3)4)55(75)69(16)50(60(11,12)80)59(79)81-49(37(10)18-2)58(78)68(15)48(35(7)8)53(73)64-43(31-38-22-19-24-40(61)29-38)54(74)66(13)45(32-39-23-20-25-41(62)30-39)56(76)70-27-21-26-44(70)51(71)65-46/h19-20,22-25,29-30,33-37,42-50,80H,17-18,21,26-28,31-32H2,1-16H3,(H,63,72)(H,64,73)(H,65,71)/t36?,37?,42-,43-,44-,45-,46-,47-,48-,49+,50+/m0/s1. The number of hydrogen-bond donors (Lipinski definition) is 4. The fourth-order valence-corrected chi connectivity index (χ4v) is 12.0. The third-order valence-electron chi connectivity index (χ3n) is 15.9. The number of nitrogens with zero attached hydrogens (tertiary/aromatic N) is 5. The Morgan fingerprint density at radius 2 is 1.11 bits per heavy atom. The number of halogens is 2. The molecule has 0 radical (unpaired) electrons.